The molecular weight excluding hydrogens is 369 g/mol. The lowest BCUT2D eigenvalue weighted by Crippen LogP contribution is -2.26. The summed E-state index contributed by atoms with van der Waals surface area (Å²) in [5, 5.41) is -0.239. The molecule has 0 bridgehead atoms. The first-order valence-corrected chi connectivity index (χ1v) is 9.32. The number of hydrogen-bond acceptors (Lipinski definition) is 4. The minimum atomic E-state index is -3.81. The molecule has 0 amide bonds. The van der Waals surface area contributed by atoms with Crippen molar-refractivity contribution in [1.29, 1.82) is 0 Å². The van der Waals surface area contributed by atoms with E-state index in [0.717, 1.165) is 22.0 Å². The van der Waals surface area contributed by atoms with E-state index in [9.17, 15) is 12.8 Å². The van der Waals surface area contributed by atoms with Gasteiger partial charge in [0, 0.05) is 13.6 Å². The summed E-state index contributed by atoms with van der Waals surface area (Å²) in [5.74, 6) is 0.444. The molecule has 0 atom stereocenters. The van der Waals surface area contributed by atoms with Gasteiger partial charge in [-0.15, -0.1) is 0 Å². The Bertz CT molecular complexity index is 858. The van der Waals surface area contributed by atoms with Crippen LogP contribution in [0.5, 0.6) is 11.5 Å². The normalized spacial score (nSPS) is 11.6. The van der Waals surface area contributed by atoms with E-state index >= 15 is 0 Å². The van der Waals surface area contributed by atoms with Crippen LogP contribution in [0.2, 0.25) is 5.02 Å². The average Bonchev–Trinajstić information content (AvgIpc) is 2.58. The van der Waals surface area contributed by atoms with Gasteiger partial charge in [-0.25, -0.2) is 12.8 Å². The van der Waals surface area contributed by atoms with E-state index in [1.165, 1.54) is 20.2 Å². The van der Waals surface area contributed by atoms with Crippen LogP contribution in [0.15, 0.2) is 41.3 Å². The molecule has 2 aromatic carbocycles. The molecule has 0 aromatic heterocycles. The van der Waals surface area contributed by atoms with Crippen molar-refractivity contribution in [3.63, 3.8) is 0 Å². The van der Waals surface area contributed by atoms with Crippen molar-refractivity contribution in [3.8, 4) is 11.5 Å². The van der Waals surface area contributed by atoms with Gasteiger partial charge >= 0.3 is 0 Å². The fourth-order valence-corrected chi connectivity index (χ4v) is 3.68. The van der Waals surface area contributed by atoms with Gasteiger partial charge in [0.15, 0.2) is 11.5 Å². The van der Waals surface area contributed by atoms with E-state index in [1.807, 2.05) is 6.92 Å². The molecule has 5 nitrogen and oxygen atoms in total. The Morgan fingerprint density at radius 1 is 1.16 bits per heavy atom. The zero-order valence-electron chi connectivity index (χ0n) is 14.1. The molecule has 0 radical (unpaired) electrons. The average molecular weight is 388 g/mol. The Morgan fingerprint density at radius 3 is 2.48 bits per heavy atom. The van der Waals surface area contributed by atoms with Gasteiger partial charge in [-0.05, 0) is 42.8 Å². The molecule has 0 aliphatic carbocycles. The van der Waals surface area contributed by atoms with Gasteiger partial charge in [-0.2, -0.15) is 4.31 Å². The van der Waals surface area contributed by atoms with E-state index in [2.05, 4.69) is 0 Å². The molecular formula is C17H19ClFNO4S. The molecule has 0 aliphatic rings. The first-order valence-electron chi connectivity index (χ1n) is 7.50. The Kier molecular flexibility index (Phi) is 6.26. The summed E-state index contributed by atoms with van der Waals surface area (Å²) < 4.78 is 50.3. The van der Waals surface area contributed by atoms with Crippen LogP contribution in [0.1, 0.15) is 12.5 Å². The predicted octanol–water partition coefficient (Wildman–Crippen LogP) is 3.71. The van der Waals surface area contributed by atoms with Crippen molar-refractivity contribution in [2.45, 2.75) is 18.4 Å². The van der Waals surface area contributed by atoms with Crippen LogP contribution in [0, 0.1) is 5.82 Å². The third kappa shape index (κ3) is 4.42. The Balaban J connectivity index is 2.25. The third-order valence-corrected chi connectivity index (χ3v) is 5.62. The first kappa shape index (κ1) is 19.5. The quantitative estimate of drug-likeness (QED) is 0.726. The van der Waals surface area contributed by atoms with Gasteiger partial charge in [0.05, 0.1) is 23.6 Å². The summed E-state index contributed by atoms with van der Waals surface area (Å²) in [5.41, 5.74) is 0.722. The van der Waals surface area contributed by atoms with Gasteiger partial charge < -0.3 is 9.47 Å². The van der Waals surface area contributed by atoms with Crippen molar-refractivity contribution in [1.82, 2.24) is 4.31 Å². The van der Waals surface area contributed by atoms with Crippen LogP contribution >= 0.6 is 11.6 Å². The van der Waals surface area contributed by atoms with Crippen molar-refractivity contribution < 1.29 is 22.3 Å². The standard InChI is InChI=1S/C17H19ClFNO4S/c1-4-24-16-8-5-12(9-17(16)23-3)11-20(2)25(21,22)13-6-7-15(19)14(18)10-13/h5-10H,4,11H2,1-3H3. The highest BCUT2D eigenvalue weighted by atomic mass is 35.5. The Labute approximate surface area is 152 Å². The van der Waals surface area contributed by atoms with Crippen LogP contribution < -0.4 is 9.47 Å². The van der Waals surface area contributed by atoms with Crippen LogP contribution in [0.4, 0.5) is 4.39 Å². The van der Waals surface area contributed by atoms with Crippen LogP contribution in [0.3, 0.4) is 0 Å². The summed E-state index contributed by atoms with van der Waals surface area (Å²) in [6.07, 6.45) is 0. The number of rotatable bonds is 7. The van der Waals surface area contributed by atoms with E-state index < -0.39 is 15.8 Å². The van der Waals surface area contributed by atoms with Crippen molar-refractivity contribution in [3.05, 3.63) is 52.8 Å². The van der Waals surface area contributed by atoms with Crippen LogP contribution in [-0.4, -0.2) is 33.5 Å². The lowest BCUT2D eigenvalue weighted by Gasteiger charge is -2.18. The van der Waals surface area contributed by atoms with Crippen molar-refractivity contribution in [2.75, 3.05) is 20.8 Å². The van der Waals surface area contributed by atoms with Crippen molar-refractivity contribution >= 4 is 21.6 Å². The number of halogens is 2. The second kappa shape index (κ2) is 8.03. The number of hydrogen-bond donors (Lipinski definition) is 0. The lowest BCUT2D eigenvalue weighted by atomic mass is 10.2. The SMILES string of the molecule is CCOc1ccc(CN(C)S(=O)(=O)c2ccc(F)c(Cl)c2)cc1OC. The van der Waals surface area contributed by atoms with Crippen LogP contribution in [-0.2, 0) is 16.6 Å². The second-order valence-electron chi connectivity index (χ2n) is 5.26. The maximum Gasteiger partial charge on any atom is 0.243 e. The second-order valence-corrected chi connectivity index (χ2v) is 7.71. The minimum absolute atomic E-state index is 0.0701. The van der Waals surface area contributed by atoms with Gasteiger partial charge in [0.1, 0.15) is 5.82 Å². The highest BCUT2D eigenvalue weighted by molar-refractivity contribution is 7.89. The number of methoxy groups -OCH3 is 1. The zero-order chi connectivity index (χ0) is 18.6. The summed E-state index contributed by atoms with van der Waals surface area (Å²) in [7, 11) is -0.850. The number of sulfonamides is 1. The monoisotopic (exact) mass is 387 g/mol. The number of nitrogens with zero attached hydrogens (tertiary/aromatic N) is 1. The molecule has 0 spiro atoms. The summed E-state index contributed by atoms with van der Waals surface area (Å²) in [4.78, 5) is -0.0701. The summed E-state index contributed by atoms with van der Waals surface area (Å²) in [6, 6.07) is 8.52. The molecule has 0 saturated carbocycles. The molecule has 136 valence electrons. The Morgan fingerprint density at radius 2 is 1.88 bits per heavy atom. The summed E-state index contributed by atoms with van der Waals surface area (Å²) in [6.45, 7) is 2.47. The fourth-order valence-electron chi connectivity index (χ4n) is 2.24. The smallest absolute Gasteiger partial charge is 0.243 e. The lowest BCUT2D eigenvalue weighted by molar-refractivity contribution is 0.310. The predicted molar refractivity (Wildman–Crippen MR) is 94.2 cm³/mol. The Hall–Kier alpha value is -1.83. The van der Waals surface area contributed by atoms with Crippen LogP contribution in [0.25, 0.3) is 0 Å². The maximum atomic E-state index is 13.3. The molecule has 2 aromatic rings. The molecule has 25 heavy (non-hydrogen) atoms. The fraction of sp³-hybridized carbons (Fsp3) is 0.294. The van der Waals surface area contributed by atoms with E-state index in [-0.39, 0.29) is 16.5 Å². The molecule has 8 heteroatoms. The first-order chi connectivity index (χ1) is 11.8. The molecule has 0 N–H and O–H groups in total. The molecule has 0 unspecified atom stereocenters. The summed E-state index contributed by atoms with van der Waals surface area (Å²) >= 11 is 5.68. The minimum Gasteiger partial charge on any atom is -0.493 e. The maximum absolute atomic E-state index is 13.3. The van der Waals surface area contributed by atoms with Gasteiger partial charge in [-0.3, -0.25) is 0 Å². The molecule has 0 aliphatic heterocycles. The molecule has 0 fully saturated rings. The van der Waals surface area contributed by atoms with Gasteiger partial charge in [0.25, 0.3) is 0 Å². The molecule has 2 rings (SSSR count). The van der Waals surface area contributed by atoms with E-state index in [1.54, 1.807) is 18.2 Å². The zero-order valence-corrected chi connectivity index (χ0v) is 15.7. The van der Waals surface area contributed by atoms with E-state index in [4.69, 9.17) is 21.1 Å². The van der Waals surface area contributed by atoms with Gasteiger partial charge in [0.2, 0.25) is 10.0 Å². The van der Waals surface area contributed by atoms with Crippen molar-refractivity contribution in [2.24, 2.45) is 0 Å². The number of benzene rings is 2. The highest BCUT2D eigenvalue weighted by Gasteiger charge is 2.22. The van der Waals surface area contributed by atoms with E-state index in [0.29, 0.717) is 18.1 Å². The number of ether oxygens (including phenoxy) is 2. The molecule has 0 heterocycles. The highest BCUT2D eigenvalue weighted by Crippen LogP contribution is 2.29. The largest absolute Gasteiger partial charge is 0.493 e. The van der Waals surface area contributed by atoms with Gasteiger partial charge in [-0.1, -0.05) is 17.7 Å². The topological polar surface area (TPSA) is 55.8 Å². The third-order valence-electron chi connectivity index (χ3n) is 3.53. The molecule has 0 saturated heterocycles.